The van der Waals surface area contributed by atoms with Crippen LogP contribution in [-0.4, -0.2) is 17.0 Å². The van der Waals surface area contributed by atoms with Crippen molar-refractivity contribution in [3.05, 3.63) is 36.5 Å². The van der Waals surface area contributed by atoms with Gasteiger partial charge in [0.15, 0.2) is 5.78 Å². The predicted octanol–water partition coefficient (Wildman–Crippen LogP) is 3.58. The molecule has 1 N–H and O–H groups in total. The predicted molar refractivity (Wildman–Crippen MR) is 75.3 cm³/mol. The van der Waals surface area contributed by atoms with Crippen LogP contribution < -0.4 is 0 Å². The molecule has 1 unspecified atom stereocenters. The van der Waals surface area contributed by atoms with E-state index in [0.717, 1.165) is 37.7 Å². The Morgan fingerprint density at radius 2 is 2.28 bits per heavy atom. The quantitative estimate of drug-likeness (QED) is 0.405. The Morgan fingerprint density at radius 3 is 2.94 bits per heavy atom. The monoisotopic (exact) mass is 248 g/mol. The van der Waals surface area contributed by atoms with Gasteiger partial charge < -0.3 is 5.11 Å². The number of hydrogen-bond acceptors (Lipinski definition) is 2. The van der Waals surface area contributed by atoms with Crippen molar-refractivity contribution < 1.29 is 9.90 Å². The Balaban J connectivity index is 2.44. The fraction of sp³-hybridized carbons (Fsp3) is 0.562. The van der Waals surface area contributed by atoms with Gasteiger partial charge in [-0.05, 0) is 25.3 Å². The van der Waals surface area contributed by atoms with Gasteiger partial charge >= 0.3 is 0 Å². The second-order valence-corrected chi connectivity index (χ2v) is 4.90. The van der Waals surface area contributed by atoms with Gasteiger partial charge in [0.25, 0.3) is 0 Å². The number of rotatable bonds is 8. The zero-order valence-corrected chi connectivity index (χ0v) is 11.3. The van der Waals surface area contributed by atoms with Gasteiger partial charge in [0, 0.05) is 11.5 Å². The topological polar surface area (TPSA) is 37.3 Å². The second-order valence-electron chi connectivity index (χ2n) is 4.90. The highest BCUT2D eigenvalue weighted by Crippen LogP contribution is 2.25. The number of hydrogen-bond donors (Lipinski definition) is 1. The number of carbonyl (C=O) groups is 1. The van der Waals surface area contributed by atoms with Crippen LogP contribution in [0.1, 0.15) is 45.4 Å². The molecule has 2 atom stereocenters. The minimum absolute atomic E-state index is 0.0857. The van der Waals surface area contributed by atoms with Gasteiger partial charge in [-0.2, -0.15) is 0 Å². The summed E-state index contributed by atoms with van der Waals surface area (Å²) in [6, 6.07) is 0. The van der Waals surface area contributed by atoms with Crippen molar-refractivity contribution in [2.24, 2.45) is 5.92 Å². The summed E-state index contributed by atoms with van der Waals surface area (Å²) in [6.45, 7) is 5.86. The summed E-state index contributed by atoms with van der Waals surface area (Å²) in [5, 5.41) is 9.84. The fourth-order valence-electron chi connectivity index (χ4n) is 2.23. The minimum Gasteiger partial charge on any atom is -0.393 e. The molecule has 100 valence electrons. The molecule has 0 aromatic rings. The highest BCUT2D eigenvalue weighted by molar-refractivity contribution is 6.07. The Bertz CT molecular complexity index is 339. The van der Waals surface area contributed by atoms with E-state index < -0.39 is 0 Å². The first kappa shape index (κ1) is 14.9. The summed E-state index contributed by atoms with van der Waals surface area (Å²) < 4.78 is 0. The first-order valence-corrected chi connectivity index (χ1v) is 6.90. The van der Waals surface area contributed by atoms with Crippen molar-refractivity contribution in [1.29, 1.82) is 0 Å². The molecule has 0 aromatic heterocycles. The molecule has 0 fully saturated rings. The molecular weight excluding hydrogens is 224 g/mol. The zero-order valence-electron chi connectivity index (χ0n) is 11.3. The molecule has 0 aliphatic heterocycles. The van der Waals surface area contributed by atoms with E-state index in [-0.39, 0.29) is 17.8 Å². The molecule has 1 aliphatic rings. The number of aliphatic hydroxyl groups excluding tert-OH is 1. The second kappa shape index (κ2) is 8.04. The van der Waals surface area contributed by atoms with Gasteiger partial charge in [-0.15, -0.1) is 6.58 Å². The van der Waals surface area contributed by atoms with E-state index in [1.165, 1.54) is 0 Å². The minimum atomic E-state index is -0.318. The maximum Gasteiger partial charge on any atom is 0.181 e. The van der Waals surface area contributed by atoms with Crippen molar-refractivity contribution in [3.63, 3.8) is 0 Å². The Labute approximate surface area is 110 Å². The maximum atomic E-state index is 11.7. The van der Waals surface area contributed by atoms with Crippen molar-refractivity contribution in [2.45, 2.75) is 51.6 Å². The zero-order chi connectivity index (χ0) is 13.4. The van der Waals surface area contributed by atoms with Crippen LogP contribution in [0.3, 0.4) is 0 Å². The van der Waals surface area contributed by atoms with E-state index in [9.17, 15) is 9.90 Å². The van der Waals surface area contributed by atoms with E-state index >= 15 is 0 Å². The van der Waals surface area contributed by atoms with E-state index in [1.54, 1.807) is 6.08 Å². The molecule has 0 saturated carbocycles. The number of ketones is 1. The number of aliphatic hydroxyl groups is 1. The first-order chi connectivity index (χ1) is 8.69. The Hall–Kier alpha value is -1.15. The normalized spacial score (nSPS) is 22.7. The summed E-state index contributed by atoms with van der Waals surface area (Å²) in [4.78, 5) is 11.7. The standard InChI is InChI=1S/C16H24O2/c1-3-5-6-8-14(17)10-11-15-13(7-4-2)9-12-16(15)18/h4,9,11-14,17H,2-3,5-8,10H2,1H3/b15-11+/t13?,14-/m0/s1. The molecule has 0 saturated heterocycles. The molecule has 0 amide bonds. The van der Waals surface area contributed by atoms with E-state index in [1.807, 2.05) is 18.2 Å². The molecule has 0 aromatic carbocycles. The summed E-state index contributed by atoms with van der Waals surface area (Å²) in [7, 11) is 0. The van der Waals surface area contributed by atoms with Crippen molar-refractivity contribution in [1.82, 2.24) is 0 Å². The largest absolute Gasteiger partial charge is 0.393 e. The van der Waals surface area contributed by atoms with Crippen LogP contribution in [0.5, 0.6) is 0 Å². The summed E-state index contributed by atoms with van der Waals surface area (Å²) in [5.74, 6) is 0.250. The SMILES string of the molecule is C=CCC1C=CC(=O)/C1=C/C[C@@H](O)CCCCC. The lowest BCUT2D eigenvalue weighted by Crippen LogP contribution is -2.08. The van der Waals surface area contributed by atoms with E-state index in [0.29, 0.717) is 6.42 Å². The fourth-order valence-corrected chi connectivity index (χ4v) is 2.23. The molecule has 1 aliphatic carbocycles. The highest BCUT2D eigenvalue weighted by atomic mass is 16.3. The van der Waals surface area contributed by atoms with E-state index in [4.69, 9.17) is 0 Å². The first-order valence-electron chi connectivity index (χ1n) is 6.90. The van der Waals surface area contributed by atoms with Crippen LogP contribution in [-0.2, 0) is 4.79 Å². The van der Waals surface area contributed by atoms with Gasteiger partial charge in [-0.1, -0.05) is 44.4 Å². The highest BCUT2D eigenvalue weighted by Gasteiger charge is 2.21. The van der Waals surface area contributed by atoms with Gasteiger partial charge in [0.2, 0.25) is 0 Å². The lowest BCUT2D eigenvalue weighted by Gasteiger charge is -2.10. The van der Waals surface area contributed by atoms with Crippen LogP contribution in [0.25, 0.3) is 0 Å². The molecule has 1 rings (SSSR count). The van der Waals surface area contributed by atoms with Crippen molar-refractivity contribution >= 4 is 5.78 Å². The van der Waals surface area contributed by atoms with E-state index in [2.05, 4.69) is 13.5 Å². The number of unbranched alkanes of at least 4 members (excludes halogenated alkanes) is 2. The maximum absolute atomic E-state index is 11.7. The third-order valence-corrected chi connectivity index (χ3v) is 3.34. The average Bonchev–Trinajstić information content (AvgIpc) is 2.69. The number of carbonyl (C=O) groups excluding carboxylic acids is 1. The molecule has 0 bridgehead atoms. The summed E-state index contributed by atoms with van der Waals surface area (Å²) >= 11 is 0. The van der Waals surface area contributed by atoms with Crippen LogP contribution in [0.2, 0.25) is 0 Å². The molecule has 0 heterocycles. The molecule has 2 heteroatoms. The molecule has 2 nitrogen and oxygen atoms in total. The molecule has 18 heavy (non-hydrogen) atoms. The third kappa shape index (κ3) is 4.61. The van der Waals surface area contributed by atoms with Gasteiger partial charge in [0.05, 0.1) is 6.10 Å². The van der Waals surface area contributed by atoms with Crippen LogP contribution in [0.15, 0.2) is 36.5 Å². The van der Waals surface area contributed by atoms with Crippen LogP contribution in [0.4, 0.5) is 0 Å². The van der Waals surface area contributed by atoms with Gasteiger partial charge in [0.1, 0.15) is 0 Å². The van der Waals surface area contributed by atoms with Gasteiger partial charge in [-0.3, -0.25) is 4.79 Å². The van der Waals surface area contributed by atoms with Crippen LogP contribution >= 0.6 is 0 Å². The lowest BCUT2D eigenvalue weighted by molar-refractivity contribution is -0.111. The van der Waals surface area contributed by atoms with Crippen LogP contribution in [0, 0.1) is 5.92 Å². The molecule has 0 radical (unpaired) electrons. The third-order valence-electron chi connectivity index (χ3n) is 3.34. The Kier molecular flexibility index (Phi) is 6.66. The van der Waals surface area contributed by atoms with Gasteiger partial charge in [-0.25, -0.2) is 0 Å². The van der Waals surface area contributed by atoms with Crippen molar-refractivity contribution in [3.8, 4) is 0 Å². The van der Waals surface area contributed by atoms with Crippen molar-refractivity contribution in [2.75, 3.05) is 0 Å². The summed E-state index contributed by atoms with van der Waals surface area (Å²) in [6.07, 6.45) is 12.6. The summed E-state index contributed by atoms with van der Waals surface area (Å²) in [5.41, 5.74) is 0.824. The molecular formula is C16H24O2. The smallest absolute Gasteiger partial charge is 0.181 e. The molecule has 0 spiro atoms. The average molecular weight is 248 g/mol. The lowest BCUT2D eigenvalue weighted by atomic mass is 9.96. The number of allylic oxidation sites excluding steroid dienone is 4. The Morgan fingerprint density at radius 1 is 1.50 bits per heavy atom.